The van der Waals surface area contributed by atoms with Crippen molar-refractivity contribution in [3.8, 4) is 11.5 Å². The SMILES string of the molecule is CC(=O)c1ccc(OC[C@@H](O)CN2CCN(Cc3ccccc3)CC2)cc1O. The highest BCUT2D eigenvalue weighted by Crippen LogP contribution is 2.24. The molecule has 1 heterocycles. The lowest BCUT2D eigenvalue weighted by atomic mass is 10.1. The monoisotopic (exact) mass is 384 g/mol. The van der Waals surface area contributed by atoms with Gasteiger partial charge >= 0.3 is 0 Å². The lowest BCUT2D eigenvalue weighted by Crippen LogP contribution is -2.48. The van der Waals surface area contributed by atoms with Crippen molar-refractivity contribution < 1.29 is 19.7 Å². The molecule has 0 aliphatic carbocycles. The summed E-state index contributed by atoms with van der Waals surface area (Å²) in [6.45, 7) is 6.83. The Morgan fingerprint density at radius 2 is 1.75 bits per heavy atom. The first-order valence-electron chi connectivity index (χ1n) is 9.64. The number of hydrogen-bond donors (Lipinski definition) is 2. The van der Waals surface area contributed by atoms with Crippen molar-refractivity contribution in [3.63, 3.8) is 0 Å². The number of benzene rings is 2. The minimum absolute atomic E-state index is 0.103. The number of rotatable bonds is 8. The Morgan fingerprint density at radius 3 is 2.39 bits per heavy atom. The van der Waals surface area contributed by atoms with E-state index in [0.717, 1.165) is 32.7 Å². The molecule has 2 aromatic carbocycles. The van der Waals surface area contributed by atoms with E-state index < -0.39 is 6.10 Å². The van der Waals surface area contributed by atoms with Crippen LogP contribution in [0.5, 0.6) is 11.5 Å². The molecule has 1 fully saturated rings. The highest BCUT2D eigenvalue weighted by molar-refractivity contribution is 5.96. The molecule has 2 aromatic rings. The third-order valence-electron chi connectivity index (χ3n) is 4.97. The second kappa shape index (κ2) is 9.68. The van der Waals surface area contributed by atoms with Crippen LogP contribution in [0.2, 0.25) is 0 Å². The first kappa shape index (κ1) is 20.3. The molecule has 28 heavy (non-hydrogen) atoms. The van der Waals surface area contributed by atoms with Crippen molar-refractivity contribution in [1.82, 2.24) is 9.80 Å². The first-order chi connectivity index (χ1) is 13.5. The van der Waals surface area contributed by atoms with Gasteiger partial charge in [-0.15, -0.1) is 0 Å². The lowest BCUT2D eigenvalue weighted by molar-refractivity contribution is 0.0445. The van der Waals surface area contributed by atoms with Crippen molar-refractivity contribution in [1.29, 1.82) is 0 Å². The van der Waals surface area contributed by atoms with Gasteiger partial charge in [0, 0.05) is 45.3 Å². The molecule has 150 valence electrons. The van der Waals surface area contributed by atoms with Crippen LogP contribution in [0.15, 0.2) is 48.5 Å². The summed E-state index contributed by atoms with van der Waals surface area (Å²) in [5.74, 6) is 0.138. The molecule has 1 aliphatic heterocycles. The van der Waals surface area contributed by atoms with E-state index in [2.05, 4.69) is 34.1 Å². The molecule has 0 unspecified atom stereocenters. The summed E-state index contributed by atoms with van der Waals surface area (Å²) < 4.78 is 5.57. The van der Waals surface area contributed by atoms with Crippen LogP contribution in [-0.2, 0) is 6.54 Å². The minimum atomic E-state index is -0.615. The number of carbonyl (C=O) groups is 1. The molecular weight excluding hydrogens is 356 g/mol. The Balaban J connectivity index is 1.39. The fourth-order valence-electron chi connectivity index (χ4n) is 3.41. The van der Waals surface area contributed by atoms with Gasteiger partial charge < -0.3 is 14.9 Å². The van der Waals surface area contributed by atoms with E-state index in [4.69, 9.17) is 4.74 Å². The molecule has 1 aliphatic rings. The number of aliphatic hydroxyl groups is 1. The van der Waals surface area contributed by atoms with E-state index >= 15 is 0 Å². The van der Waals surface area contributed by atoms with Crippen molar-refractivity contribution >= 4 is 5.78 Å². The van der Waals surface area contributed by atoms with Crippen LogP contribution < -0.4 is 4.74 Å². The van der Waals surface area contributed by atoms with E-state index in [1.54, 1.807) is 6.07 Å². The fraction of sp³-hybridized carbons (Fsp3) is 0.409. The standard InChI is InChI=1S/C22H28N2O4/c1-17(25)21-8-7-20(13-22(21)27)28-16-19(26)15-24-11-9-23(10-12-24)14-18-5-3-2-4-6-18/h2-8,13,19,26-27H,9-12,14-16H2,1H3/t19-/m0/s1. The number of Topliss-reactive ketones (excluding diaryl/α,β-unsaturated/α-hetero) is 1. The Morgan fingerprint density at radius 1 is 1.07 bits per heavy atom. The zero-order valence-corrected chi connectivity index (χ0v) is 16.3. The van der Waals surface area contributed by atoms with Crippen LogP contribution in [0.1, 0.15) is 22.8 Å². The van der Waals surface area contributed by atoms with E-state index in [1.807, 2.05) is 6.07 Å². The fourth-order valence-corrected chi connectivity index (χ4v) is 3.41. The van der Waals surface area contributed by atoms with Gasteiger partial charge in [0.25, 0.3) is 0 Å². The molecule has 0 saturated carbocycles. The number of β-amino-alcohol motifs (C(OH)–C–C–N with tert-alkyl or cyclic N) is 1. The molecule has 0 spiro atoms. The number of piperazine rings is 1. The summed E-state index contributed by atoms with van der Waals surface area (Å²) in [4.78, 5) is 16.0. The number of nitrogens with zero attached hydrogens (tertiary/aromatic N) is 2. The van der Waals surface area contributed by atoms with Crippen LogP contribution in [-0.4, -0.2) is 71.2 Å². The number of hydrogen-bond acceptors (Lipinski definition) is 6. The number of phenolic OH excluding ortho intramolecular Hbond substituents is 1. The van der Waals surface area contributed by atoms with Crippen molar-refractivity contribution in [3.05, 3.63) is 59.7 Å². The van der Waals surface area contributed by atoms with Crippen LogP contribution in [0.3, 0.4) is 0 Å². The van der Waals surface area contributed by atoms with Crippen molar-refractivity contribution in [2.24, 2.45) is 0 Å². The van der Waals surface area contributed by atoms with Gasteiger partial charge in [0.05, 0.1) is 5.56 Å². The average Bonchev–Trinajstić information content (AvgIpc) is 2.68. The summed E-state index contributed by atoms with van der Waals surface area (Å²) >= 11 is 0. The van der Waals surface area contributed by atoms with E-state index in [9.17, 15) is 15.0 Å². The van der Waals surface area contributed by atoms with Gasteiger partial charge in [-0.2, -0.15) is 0 Å². The summed E-state index contributed by atoms with van der Waals surface area (Å²) in [6.07, 6.45) is -0.615. The highest BCUT2D eigenvalue weighted by atomic mass is 16.5. The van der Waals surface area contributed by atoms with E-state index in [1.165, 1.54) is 24.6 Å². The Labute approximate surface area is 166 Å². The number of phenols is 1. The summed E-state index contributed by atoms with van der Waals surface area (Å²) in [7, 11) is 0. The maximum absolute atomic E-state index is 11.3. The number of carbonyl (C=O) groups excluding carboxylic acids is 1. The van der Waals surface area contributed by atoms with Gasteiger partial charge in [-0.3, -0.25) is 14.6 Å². The molecule has 0 radical (unpaired) electrons. The maximum atomic E-state index is 11.3. The van der Waals surface area contributed by atoms with Gasteiger partial charge in [-0.05, 0) is 24.6 Å². The van der Waals surface area contributed by atoms with E-state index in [-0.39, 0.29) is 23.7 Å². The molecule has 6 nitrogen and oxygen atoms in total. The lowest BCUT2D eigenvalue weighted by Gasteiger charge is -2.35. The number of ketones is 1. The average molecular weight is 384 g/mol. The normalized spacial score (nSPS) is 16.6. The molecule has 6 heteroatoms. The molecule has 3 rings (SSSR count). The highest BCUT2D eigenvalue weighted by Gasteiger charge is 2.19. The molecular formula is C22H28N2O4. The van der Waals surface area contributed by atoms with Crippen LogP contribution >= 0.6 is 0 Å². The third kappa shape index (κ3) is 5.79. The van der Waals surface area contributed by atoms with Gasteiger partial charge in [0.1, 0.15) is 24.2 Å². The number of aliphatic hydroxyl groups excluding tert-OH is 1. The van der Waals surface area contributed by atoms with Crippen molar-refractivity contribution in [2.75, 3.05) is 39.3 Å². The van der Waals surface area contributed by atoms with Crippen LogP contribution in [0.25, 0.3) is 0 Å². The third-order valence-corrected chi connectivity index (χ3v) is 4.97. The molecule has 1 saturated heterocycles. The smallest absolute Gasteiger partial charge is 0.163 e. The van der Waals surface area contributed by atoms with Crippen LogP contribution in [0.4, 0.5) is 0 Å². The maximum Gasteiger partial charge on any atom is 0.163 e. The van der Waals surface area contributed by atoms with E-state index in [0.29, 0.717) is 12.3 Å². The molecule has 2 N–H and O–H groups in total. The Kier molecular flexibility index (Phi) is 7.03. The van der Waals surface area contributed by atoms with Gasteiger partial charge in [-0.1, -0.05) is 30.3 Å². The van der Waals surface area contributed by atoms with Gasteiger partial charge in [0.2, 0.25) is 0 Å². The van der Waals surface area contributed by atoms with Gasteiger partial charge in [-0.25, -0.2) is 0 Å². The molecule has 0 aromatic heterocycles. The Bertz CT molecular complexity index is 773. The zero-order valence-electron chi connectivity index (χ0n) is 16.3. The zero-order chi connectivity index (χ0) is 19.9. The Hall–Kier alpha value is -2.41. The summed E-state index contributed by atoms with van der Waals surface area (Å²) in [6, 6.07) is 15.0. The molecule has 1 atom stereocenters. The number of aromatic hydroxyl groups is 1. The quantitative estimate of drug-likeness (QED) is 0.680. The first-order valence-corrected chi connectivity index (χ1v) is 9.64. The summed E-state index contributed by atoms with van der Waals surface area (Å²) in [5.41, 5.74) is 1.59. The second-order valence-corrected chi connectivity index (χ2v) is 7.26. The second-order valence-electron chi connectivity index (χ2n) is 7.26. The molecule has 0 amide bonds. The predicted octanol–water partition coefficient (Wildman–Crippen LogP) is 2.15. The largest absolute Gasteiger partial charge is 0.507 e. The van der Waals surface area contributed by atoms with Crippen molar-refractivity contribution in [2.45, 2.75) is 19.6 Å². The minimum Gasteiger partial charge on any atom is -0.507 e. The summed E-state index contributed by atoms with van der Waals surface area (Å²) in [5, 5.41) is 20.1. The van der Waals surface area contributed by atoms with Gasteiger partial charge in [0.15, 0.2) is 5.78 Å². The molecule has 0 bridgehead atoms. The van der Waals surface area contributed by atoms with Crippen LogP contribution in [0, 0.1) is 0 Å². The predicted molar refractivity (Wildman–Crippen MR) is 108 cm³/mol. The number of ether oxygens (including phenoxy) is 1. The topological polar surface area (TPSA) is 73.2 Å².